The Morgan fingerprint density at radius 3 is 2.67 bits per heavy atom. The van der Waals surface area contributed by atoms with Gasteiger partial charge in [0.15, 0.2) is 0 Å². The van der Waals surface area contributed by atoms with E-state index in [0.717, 1.165) is 16.7 Å². The maximum atomic E-state index is 14.2. The smallest absolute Gasteiger partial charge is 0.244 e. The number of amides is 3. The number of para-hydroxylation sites is 1. The average molecular weight is 526 g/mol. The van der Waals surface area contributed by atoms with E-state index in [4.69, 9.17) is 6.57 Å². The molecule has 198 valence electrons. The van der Waals surface area contributed by atoms with Crippen molar-refractivity contribution in [1.29, 1.82) is 0 Å². The van der Waals surface area contributed by atoms with Gasteiger partial charge >= 0.3 is 0 Å². The highest BCUT2D eigenvalue weighted by atomic mass is 19.1. The number of anilines is 2. The molecule has 0 saturated carbocycles. The molecular formula is C30H28FN5O3. The molecule has 1 unspecified atom stereocenters. The van der Waals surface area contributed by atoms with Crippen LogP contribution in [0.5, 0.6) is 0 Å². The van der Waals surface area contributed by atoms with Crippen LogP contribution in [-0.2, 0) is 39.2 Å². The molecule has 2 heterocycles. The van der Waals surface area contributed by atoms with Crippen molar-refractivity contribution in [3.63, 3.8) is 0 Å². The number of pyridine rings is 1. The predicted molar refractivity (Wildman–Crippen MR) is 145 cm³/mol. The number of nitrogens with one attached hydrogen (secondary N) is 2. The molecule has 1 aliphatic carbocycles. The van der Waals surface area contributed by atoms with Crippen LogP contribution in [0.4, 0.5) is 21.6 Å². The summed E-state index contributed by atoms with van der Waals surface area (Å²) in [6.07, 6.45) is 2.69. The molecule has 9 heteroatoms. The molecule has 1 aliphatic heterocycles. The third kappa shape index (κ3) is 4.74. The lowest BCUT2D eigenvalue weighted by Crippen LogP contribution is -2.43. The van der Waals surface area contributed by atoms with Gasteiger partial charge in [-0.1, -0.05) is 45.0 Å². The van der Waals surface area contributed by atoms with Crippen LogP contribution in [0.2, 0.25) is 0 Å². The minimum atomic E-state index is -0.791. The number of fused-ring (bicyclic) bond motifs is 3. The molecule has 8 nitrogen and oxygen atoms in total. The molecule has 5 rings (SSSR count). The Hall–Kier alpha value is -4.58. The number of hydrogen-bond donors (Lipinski definition) is 2. The molecule has 2 N–H and O–H groups in total. The third-order valence-corrected chi connectivity index (χ3v) is 7.27. The van der Waals surface area contributed by atoms with Crippen LogP contribution in [0.3, 0.4) is 0 Å². The maximum Gasteiger partial charge on any atom is 0.244 e. The first-order valence-electron chi connectivity index (χ1n) is 12.6. The topological polar surface area (TPSA) is 95.8 Å². The van der Waals surface area contributed by atoms with Crippen LogP contribution < -0.4 is 10.6 Å². The first-order valence-corrected chi connectivity index (χ1v) is 12.6. The molecule has 39 heavy (non-hydrogen) atoms. The number of rotatable bonds is 5. The summed E-state index contributed by atoms with van der Waals surface area (Å²) < 4.78 is 14.2. The van der Waals surface area contributed by atoms with Gasteiger partial charge in [0, 0.05) is 29.4 Å². The Bertz CT molecular complexity index is 1550. The van der Waals surface area contributed by atoms with Gasteiger partial charge in [0.2, 0.25) is 23.4 Å². The van der Waals surface area contributed by atoms with Crippen LogP contribution >= 0.6 is 0 Å². The molecule has 3 aromatic rings. The fourth-order valence-corrected chi connectivity index (χ4v) is 5.41. The number of carbonyl (C=O) groups is 3. The van der Waals surface area contributed by atoms with Gasteiger partial charge in [-0.15, -0.1) is 0 Å². The molecule has 0 radical (unpaired) electrons. The Labute approximate surface area is 226 Å². The fourth-order valence-electron chi connectivity index (χ4n) is 5.41. The van der Waals surface area contributed by atoms with Crippen molar-refractivity contribution in [3.05, 3.63) is 94.2 Å². The zero-order valence-electron chi connectivity index (χ0n) is 22.0. The van der Waals surface area contributed by atoms with Crippen molar-refractivity contribution in [2.75, 3.05) is 17.2 Å². The van der Waals surface area contributed by atoms with E-state index in [1.165, 1.54) is 17.0 Å². The van der Waals surface area contributed by atoms with Gasteiger partial charge < -0.3 is 15.5 Å². The second kappa shape index (κ2) is 9.62. The van der Waals surface area contributed by atoms with Gasteiger partial charge in [-0.2, -0.15) is 0 Å². The summed E-state index contributed by atoms with van der Waals surface area (Å²) in [5, 5.41) is 5.75. The largest absolute Gasteiger partial charge is 0.330 e. The highest BCUT2D eigenvalue weighted by Gasteiger charge is 2.51. The van der Waals surface area contributed by atoms with Gasteiger partial charge in [-0.3, -0.25) is 14.4 Å². The van der Waals surface area contributed by atoms with E-state index in [9.17, 15) is 18.8 Å². The van der Waals surface area contributed by atoms with Crippen molar-refractivity contribution in [2.45, 2.75) is 45.6 Å². The van der Waals surface area contributed by atoms with Crippen LogP contribution in [0.25, 0.3) is 4.85 Å². The SMILES string of the molecule is [C-]#[N+]c1c(F)cccc1CN(CC(=O)Nc1ccc2c(c1)CC1(C2)C(=O)Nc2ncccc21)C(=O)C(C)(C)C. The molecule has 0 fully saturated rings. The normalized spacial score (nSPS) is 17.3. The van der Waals surface area contributed by atoms with Crippen molar-refractivity contribution >= 4 is 34.9 Å². The third-order valence-electron chi connectivity index (χ3n) is 7.27. The van der Waals surface area contributed by atoms with E-state index in [2.05, 4.69) is 20.5 Å². The molecule has 1 aromatic heterocycles. The molecule has 0 saturated heterocycles. The molecule has 2 aliphatic rings. The van der Waals surface area contributed by atoms with E-state index in [1.807, 2.05) is 24.3 Å². The van der Waals surface area contributed by atoms with Crippen molar-refractivity contribution in [2.24, 2.45) is 5.41 Å². The minimum absolute atomic E-state index is 0.0751. The van der Waals surface area contributed by atoms with E-state index in [0.29, 0.717) is 29.9 Å². The zero-order valence-corrected chi connectivity index (χ0v) is 22.0. The van der Waals surface area contributed by atoms with Crippen LogP contribution in [-0.4, -0.2) is 34.2 Å². The van der Waals surface area contributed by atoms with Crippen molar-refractivity contribution in [3.8, 4) is 0 Å². The van der Waals surface area contributed by atoms with Gasteiger partial charge in [0.05, 0.1) is 12.0 Å². The predicted octanol–water partition coefficient (Wildman–Crippen LogP) is 4.77. The van der Waals surface area contributed by atoms with E-state index < -0.39 is 22.6 Å². The van der Waals surface area contributed by atoms with Crippen molar-refractivity contribution in [1.82, 2.24) is 9.88 Å². The summed E-state index contributed by atoms with van der Waals surface area (Å²) in [4.78, 5) is 48.2. The summed E-state index contributed by atoms with van der Waals surface area (Å²) >= 11 is 0. The standard InChI is InChI=1S/C30H28FN5O3/c1-29(2,3)28(39)36(16-19-7-5-9-23(31)25(19)32-4)17-24(37)34-21-11-10-18-14-30(15-20(18)13-21)22-8-6-12-33-26(22)35-27(30)38/h5-13H,14-17H2,1-3H3,(H,34,37)(H,33,35,38). The molecular weight excluding hydrogens is 497 g/mol. The highest BCUT2D eigenvalue weighted by molar-refractivity contribution is 6.06. The van der Waals surface area contributed by atoms with Gasteiger partial charge in [0.25, 0.3) is 0 Å². The fraction of sp³-hybridized carbons (Fsp3) is 0.300. The quantitative estimate of drug-likeness (QED) is 0.469. The molecule has 2 aromatic carbocycles. The number of nitrogens with zero attached hydrogens (tertiary/aromatic N) is 3. The van der Waals surface area contributed by atoms with E-state index >= 15 is 0 Å². The number of benzene rings is 2. The highest BCUT2D eigenvalue weighted by Crippen LogP contribution is 2.47. The lowest BCUT2D eigenvalue weighted by molar-refractivity contribution is -0.142. The van der Waals surface area contributed by atoms with Gasteiger partial charge in [0.1, 0.15) is 18.2 Å². The molecule has 0 bridgehead atoms. The van der Waals surface area contributed by atoms with Crippen molar-refractivity contribution < 1.29 is 18.8 Å². The Balaban J connectivity index is 1.34. The zero-order chi connectivity index (χ0) is 27.9. The summed E-state index contributed by atoms with van der Waals surface area (Å²) in [5.74, 6) is -0.875. The lowest BCUT2D eigenvalue weighted by atomic mass is 9.79. The monoisotopic (exact) mass is 525 g/mol. The summed E-state index contributed by atoms with van der Waals surface area (Å²) in [7, 11) is 0. The average Bonchev–Trinajstić information content (AvgIpc) is 3.39. The minimum Gasteiger partial charge on any atom is -0.330 e. The van der Waals surface area contributed by atoms with E-state index in [1.54, 1.807) is 39.1 Å². The van der Waals surface area contributed by atoms with Crippen LogP contribution in [0.15, 0.2) is 54.7 Å². The Morgan fingerprint density at radius 2 is 1.92 bits per heavy atom. The maximum absolute atomic E-state index is 14.2. The summed E-state index contributed by atoms with van der Waals surface area (Å²) in [5.41, 5.74) is 2.09. The Kier molecular flexibility index (Phi) is 6.43. The Morgan fingerprint density at radius 1 is 1.15 bits per heavy atom. The van der Waals surface area contributed by atoms with E-state index in [-0.39, 0.29) is 30.6 Å². The molecule has 3 amide bonds. The summed E-state index contributed by atoms with van der Waals surface area (Å²) in [6.45, 7) is 12.2. The first-order chi connectivity index (χ1) is 18.5. The number of halogens is 1. The second-order valence-corrected chi connectivity index (χ2v) is 11.1. The van der Waals surface area contributed by atoms with Crippen LogP contribution in [0.1, 0.15) is 43.0 Å². The number of aromatic nitrogens is 1. The van der Waals surface area contributed by atoms with Gasteiger partial charge in [-0.25, -0.2) is 14.2 Å². The first kappa shape index (κ1) is 26.0. The number of carbonyl (C=O) groups excluding carboxylic acids is 3. The second-order valence-electron chi connectivity index (χ2n) is 11.1. The van der Waals surface area contributed by atoms with Crippen LogP contribution in [0, 0.1) is 17.8 Å². The summed E-state index contributed by atoms with van der Waals surface area (Å²) in [6, 6.07) is 13.6. The van der Waals surface area contributed by atoms with Gasteiger partial charge in [-0.05, 0) is 53.8 Å². The molecule has 1 atom stereocenters. The molecule has 1 spiro atoms. The lowest BCUT2D eigenvalue weighted by Gasteiger charge is -2.29. The number of hydrogen-bond acceptors (Lipinski definition) is 4.